The Kier molecular flexibility index (Phi) is 3.52. The fraction of sp³-hybridized carbons (Fsp3) is 0.571. The van der Waals surface area contributed by atoms with Crippen LogP contribution in [-0.2, 0) is 9.84 Å². The van der Waals surface area contributed by atoms with Gasteiger partial charge in [0.2, 0.25) is 0 Å². The fourth-order valence-electron chi connectivity index (χ4n) is 2.23. The van der Waals surface area contributed by atoms with Crippen molar-refractivity contribution in [2.75, 3.05) is 12.3 Å². The smallest absolute Gasteiger partial charge is 0.178 e. The highest BCUT2D eigenvalue weighted by Crippen LogP contribution is 2.32. The zero-order valence-corrected chi connectivity index (χ0v) is 12.0. The van der Waals surface area contributed by atoms with Crippen LogP contribution in [0.2, 0.25) is 0 Å². The van der Waals surface area contributed by atoms with Crippen molar-refractivity contribution in [3.05, 3.63) is 29.8 Å². The topological polar surface area (TPSA) is 46.2 Å². The molecule has 1 aromatic rings. The Morgan fingerprint density at radius 3 is 2.61 bits per heavy atom. The summed E-state index contributed by atoms with van der Waals surface area (Å²) in [6.07, 6.45) is 0.662. The summed E-state index contributed by atoms with van der Waals surface area (Å²) in [5.41, 5.74) is 1.12. The van der Waals surface area contributed by atoms with E-state index in [9.17, 15) is 8.42 Å². The predicted octanol–water partition coefficient (Wildman–Crippen LogP) is 2.54. The van der Waals surface area contributed by atoms with Crippen LogP contribution in [0.25, 0.3) is 0 Å². The lowest BCUT2D eigenvalue weighted by Gasteiger charge is -2.29. The van der Waals surface area contributed by atoms with Gasteiger partial charge in [-0.25, -0.2) is 8.42 Å². The second-order valence-electron chi connectivity index (χ2n) is 6.14. The van der Waals surface area contributed by atoms with Gasteiger partial charge in [-0.05, 0) is 23.5 Å². The molecule has 0 radical (unpaired) electrons. The first-order valence-electron chi connectivity index (χ1n) is 6.35. The van der Waals surface area contributed by atoms with Crippen molar-refractivity contribution in [3.63, 3.8) is 0 Å². The number of rotatable bonds is 2. The maximum Gasteiger partial charge on any atom is 0.178 e. The lowest BCUT2D eigenvalue weighted by atomic mass is 9.95. The van der Waals surface area contributed by atoms with E-state index in [2.05, 4.69) is 26.1 Å². The van der Waals surface area contributed by atoms with E-state index in [1.807, 2.05) is 12.1 Å². The average molecular weight is 267 g/mol. The Labute approximate surface area is 110 Å². The van der Waals surface area contributed by atoms with E-state index in [4.69, 9.17) is 0 Å². The Morgan fingerprint density at radius 1 is 1.28 bits per heavy atom. The number of fused-ring (bicyclic) bond motifs is 1. The van der Waals surface area contributed by atoms with Crippen molar-refractivity contribution in [1.82, 2.24) is 5.32 Å². The van der Waals surface area contributed by atoms with Gasteiger partial charge in [-0.3, -0.25) is 0 Å². The Morgan fingerprint density at radius 2 is 1.94 bits per heavy atom. The molecule has 1 heterocycles. The first-order valence-corrected chi connectivity index (χ1v) is 8.00. The molecular weight excluding hydrogens is 246 g/mol. The fourth-order valence-corrected chi connectivity index (χ4v) is 3.85. The van der Waals surface area contributed by atoms with Crippen LogP contribution in [0.5, 0.6) is 0 Å². The maximum absolute atomic E-state index is 12.0. The Bertz CT molecular complexity index is 529. The van der Waals surface area contributed by atoms with Crippen molar-refractivity contribution in [1.29, 1.82) is 0 Å². The third-order valence-electron chi connectivity index (χ3n) is 3.18. The molecule has 1 N–H and O–H groups in total. The lowest BCUT2D eigenvalue weighted by molar-refractivity contribution is 0.345. The Hall–Kier alpha value is -0.870. The summed E-state index contributed by atoms with van der Waals surface area (Å²) in [6, 6.07) is 7.50. The van der Waals surface area contributed by atoms with Crippen LogP contribution in [0.1, 0.15) is 38.8 Å². The molecule has 18 heavy (non-hydrogen) atoms. The van der Waals surface area contributed by atoms with Crippen molar-refractivity contribution in [2.24, 2.45) is 5.41 Å². The van der Waals surface area contributed by atoms with Gasteiger partial charge in [0.05, 0.1) is 10.6 Å². The molecule has 4 heteroatoms. The number of sulfone groups is 1. The van der Waals surface area contributed by atoms with Crippen LogP contribution in [0.15, 0.2) is 29.2 Å². The monoisotopic (exact) mass is 267 g/mol. The molecule has 1 atom stereocenters. The number of hydrogen-bond acceptors (Lipinski definition) is 3. The first-order chi connectivity index (χ1) is 8.30. The number of benzene rings is 1. The van der Waals surface area contributed by atoms with Gasteiger partial charge in [-0.15, -0.1) is 0 Å². The van der Waals surface area contributed by atoms with E-state index >= 15 is 0 Å². The van der Waals surface area contributed by atoms with Crippen molar-refractivity contribution >= 4 is 9.84 Å². The van der Waals surface area contributed by atoms with Crippen molar-refractivity contribution in [2.45, 2.75) is 38.1 Å². The summed E-state index contributed by atoms with van der Waals surface area (Å²) in [6.45, 7) is 7.40. The van der Waals surface area contributed by atoms with Gasteiger partial charge in [0.15, 0.2) is 9.84 Å². The largest absolute Gasteiger partial charge is 0.309 e. The lowest BCUT2D eigenvalue weighted by Crippen LogP contribution is -2.34. The van der Waals surface area contributed by atoms with E-state index in [1.165, 1.54) is 0 Å². The van der Waals surface area contributed by atoms with Gasteiger partial charge < -0.3 is 5.32 Å². The van der Waals surface area contributed by atoms with Crippen LogP contribution in [0.3, 0.4) is 0 Å². The van der Waals surface area contributed by atoms with Crippen LogP contribution < -0.4 is 5.32 Å². The molecule has 2 rings (SSSR count). The van der Waals surface area contributed by atoms with E-state index in [0.717, 1.165) is 12.1 Å². The summed E-state index contributed by atoms with van der Waals surface area (Å²) in [4.78, 5) is 0.502. The van der Waals surface area contributed by atoms with E-state index < -0.39 is 9.84 Å². The first kappa shape index (κ1) is 13.6. The van der Waals surface area contributed by atoms with Crippen LogP contribution in [0, 0.1) is 5.41 Å². The molecule has 0 amide bonds. The minimum absolute atomic E-state index is 0.156. The molecule has 100 valence electrons. The van der Waals surface area contributed by atoms with Crippen molar-refractivity contribution < 1.29 is 8.42 Å². The van der Waals surface area contributed by atoms with Crippen molar-refractivity contribution in [3.8, 4) is 0 Å². The summed E-state index contributed by atoms with van der Waals surface area (Å²) < 4.78 is 24.0. The van der Waals surface area contributed by atoms with Crippen LogP contribution >= 0.6 is 0 Å². The third kappa shape index (κ3) is 2.93. The summed E-state index contributed by atoms with van der Waals surface area (Å²) in [5.74, 6) is 0.242. The van der Waals surface area contributed by atoms with Crippen LogP contribution in [-0.4, -0.2) is 20.7 Å². The molecule has 0 bridgehead atoms. The molecule has 1 aliphatic rings. The van der Waals surface area contributed by atoms with E-state index in [-0.39, 0.29) is 17.2 Å². The zero-order chi connectivity index (χ0) is 13.4. The number of hydrogen-bond donors (Lipinski definition) is 1. The summed E-state index contributed by atoms with van der Waals surface area (Å²) in [5, 5.41) is 3.49. The second-order valence-corrected chi connectivity index (χ2v) is 8.22. The summed E-state index contributed by atoms with van der Waals surface area (Å²) in [7, 11) is -3.07. The Balaban J connectivity index is 2.26. The standard InChI is InChI=1S/C14H21NO2S/c1-14(2,3)10-15-12-8-9-18(16,17)13-7-5-4-6-11(12)13/h4-7,12,15H,8-10H2,1-3H3. The molecular formula is C14H21NO2S. The molecule has 0 fully saturated rings. The molecule has 1 unspecified atom stereocenters. The minimum atomic E-state index is -3.07. The van der Waals surface area contributed by atoms with Gasteiger partial charge in [0, 0.05) is 12.6 Å². The van der Waals surface area contributed by atoms with Gasteiger partial charge in [0.1, 0.15) is 0 Å². The van der Waals surface area contributed by atoms with E-state index in [1.54, 1.807) is 12.1 Å². The highest BCUT2D eigenvalue weighted by Gasteiger charge is 2.30. The molecule has 0 saturated heterocycles. The minimum Gasteiger partial charge on any atom is -0.309 e. The highest BCUT2D eigenvalue weighted by atomic mass is 32.2. The molecule has 0 aromatic heterocycles. The van der Waals surface area contributed by atoms with Crippen LogP contribution in [0.4, 0.5) is 0 Å². The quantitative estimate of drug-likeness (QED) is 0.895. The molecule has 0 aliphatic carbocycles. The molecule has 0 saturated carbocycles. The second kappa shape index (κ2) is 4.67. The summed E-state index contributed by atoms with van der Waals surface area (Å²) >= 11 is 0. The normalized spacial score (nSPS) is 22.5. The van der Waals surface area contributed by atoms with Gasteiger partial charge in [-0.2, -0.15) is 0 Å². The van der Waals surface area contributed by atoms with Gasteiger partial charge in [-0.1, -0.05) is 39.0 Å². The van der Waals surface area contributed by atoms with E-state index in [0.29, 0.717) is 11.3 Å². The molecule has 1 aliphatic heterocycles. The molecule has 1 aromatic carbocycles. The predicted molar refractivity (Wildman–Crippen MR) is 73.3 cm³/mol. The highest BCUT2D eigenvalue weighted by molar-refractivity contribution is 7.91. The maximum atomic E-state index is 12.0. The molecule has 3 nitrogen and oxygen atoms in total. The third-order valence-corrected chi connectivity index (χ3v) is 5.00. The average Bonchev–Trinajstić information content (AvgIpc) is 2.27. The SMILES string of the molecule is CC(C)(C)CNC1CCS(=O)(=O)c2ccccc21. The van der Waals surface area contributed by atoms with Gasteiger partial charge >= 0.3 is 0 Å². The number of nitrogens with one attached hydrogen (secondary N) is 1. The zero-order valence-electron chi connectivity index (χ0n) is 11.2. The van der Waals surface area contributed by atoms with Gasteiger partial charge in [0.25, 0.3) is 0 Å². The molecule has 0 spiro atoms.